The van der Waals surface area contributed by atoms with Crippen molar-refractivity contribution in [1.29, 1.82) is 0 Å². The lowest BCUT2D eigenvalue weighted by Crippen LogP contribution is -2.01. The number of aromatic hydroxyl groups is 1. The summed E-state index contributed by atoms with van der Waals surface area (Å²) in [5, 5.41) is 10.1. The van der Waals surface area contributed by atoms with E-state index < -0.39 is 0 Å². The molecule has 0 unspecified atom stereocenters. The highest BCUT2D eigenvalue weighted by molar-refractivity contribution is 5.57. The summed E-state index contributed by atoms with van der Waals surface area (Å²) in [6.45, 7) is 2.81. The lowest BCUT2D eigenvalue weighted by Gasteiger charge is -2.11. The molecule has 0 heterocycles. The Hall–Kier alpha value is -2.66. The summed E-state index contributed by atoms with van der Waals surface area (Å²) in [5.41, 5.74) is 1.94. The number of benzene rings is 2. The highest BCUT2D eigenvalue weighted by atomic mass is 16.7. The Morgan fingerprint density at radius 2 is 1.76 bits per heavy atom. The molecule has 5 heteroatoms. The standard InChI is InChI=1S/C20H24O5/c1-4-24-14-25-17-11-8-15(9-12-17)6-5-7-16-10-13-18(22-2)19(21)20(16)23-3/h5-6,8-13,21H,4,7,14H2,1-3H3/b6-5+. The summed E-state index contributed by atoms with van der Waals surface area (Å²) in [4.78, 5) is 0. The van der Waals surface area contributed by atoms with Gasteiger partial charge in [-0.2, -0.15) is 0 Å². The minimum absolute atomic E-state index is 0.0201. The molecular formula is C20H24O5. The van der Waals surface area contributed by atoms with Crippen LogP contribution in [0, 0.1) is 0 Å². The number of phenols is 1. The van der Waals surface area contributed by atoms with E-state index in [0.29, 0.717) is 24.5 Å². The first kappa shape index (κ1) is 18.7. The van der Waals surface area contributed by atoms with Crippen LogP contribution in [0.25, 0.3) is 6.08 Å². The summed E-state index contributed by atoms with van der Waals surface area (Å²) in [6.07, 6.45) is 4.65. The van der Waals surface area contributed by atoms with E-state index >= 15 is 0 Å². The molecular weight excluding hydrogens is 320 g/mol. The molecule has 25 heavy (non-hydrogen) atoms. The molecule has 0 saturated carbocycles. The van der Waals surface area contributed by atoms with Crippen LogP contribution in [-0.2, 0) is 11.2 Å². The second kappa shape index (κ2) is 9.59. The summed E-state index contributed by atoms with van der Waals surface area (Å²) in [5.74, 6) is 1.62. The second-order valence-electron chi connectivity index (χ2n) is 5.24. The van der Waals surface area contributed by atoms with Crippen molar-refractivity contribution in [2.24, 2.45) is 0 Å². The molecule has 0 fully saturated rings. The van der Waals surface area contributed by atoms with Crippen LogP contribution in [0.3, 0.4) is 0 Å². The third-order valence-corrected chi connectivity index (χ3v) is 3.64. The van der Waals surface area contributed by atoms with Crippen LogP contribution in [0.15, 0.2) is 42.5 Å². The van der Waals surface area contributed by atoms with E-state index in [1.165, 1.54) is 14.2 Å². The van der Waals surface area contributed by atoms with Gasteiger partial charge in [0.05, 0.1) is 14.2 Å². The third kappa shape index (κ3) is 5.16. The Morgan fingerprint density at radius 1 is 1.00 bits per heavy atom. The van der Waals surface area contributed by atoms with Crippen molar-refractivity contribution in [1.82, 2.24) is 0 Å². The normalized spacial score (nSPS) is 10.8. The van der Waals surface area contributed by atoms with Crippen molar-refractivity contribution in [2.75, 3.05) is 27.6 Å². The van der Waals surface area contributed by atoms with Crippen molar-refractivity contribution in [3.05, 3.63) is 53.6 Å². The van der Waals surface area contributed by atoms with Gasteiger partial charge in [0, 0.05) is 12.2 Å². The lowest BCUT2D eigenvalue weighted by molar-refractivity contribution is 0.0224. The number of hydrogen-bond acceptors (Lipinski definition) is 5. The summed E-state index contributed by atoms with van der Waals surface area (Å²) >= 11 is 0. The number of methoxy groups -OCH3 is 2. The molecule has 0 atom stereocenters. The fourth-order valence-corrected chi connectivity index (χ4v) is 2.34. The van der Waals surface area contributed by atoms with Gasteiger partial charge in [0.1, 0.15) is 5.75 Å². The Morgan fingerprint density at radius 3 is 2.40 bits per heavy atom. The first-order chi connectivity index (χ1) is 12.2. The Kier molecular flexibility index (Phi) is 7.16. The van der Waals surface area contributed by atoms with Gasteiger partial charge in [-0.05, 0) is 37.1 Å². The van der Waals surface area contributed by atoms with Crippen molar-refractivity contribution in [3.63, 3.8) is 0 Å². The zero-order valence-corrected chi connectivity index (χ0v) is 14.8. The monoisotopic (exact) mass is 344 g/mol. The summed E-state index contributed by atoms with van der Waals surface area (Å²) < 4.78 is 21.0. The average Bonchev–Trinajstić information content (AvgIpc) is 2.63. The van der Waals surface area contributed by atoms with Gasteiger partial charge in [0.25, 0.3) is 0 Å². The zero-order valence-electron chi connectivity index (χ0n) is 14.8. The predicted molar refractivity (Wildman–Crippen MR) is 97.5 cm³/mol. The molecule has 0 radical (unpaired) electrons. The van der Waals surface area contributed by atoms with Crippen LogP contribution >= 0.6 is 0 Å². The molecule has 0 amide bonds. The summed E-state index contributed by atoms with van der Waals surface area (Å²) in [6, 6.07) is 11.4. The van der Waals surface area contributed by atoms with E-state index in [4.69, 9.17) is 18.9 Å². The number of phenolic OH excluding ortho intramolecular Hbond substituents is 1. The smallest absolute Gasteiger partial charge is 0.201 e. The van der Waals surface area contributed by atoms with Gasteiger partial charge in [-0.3, -0.25) is 0 Å². The Balaban J connectivity index is 2.00. The molecule has 0 spiro atoms. The van der Waals surface area contributed by atoms with Gasteiger partial charge in [-0.1, -0.05) is 30.4 Å². The van der Waals surface area contributed by atoms with Gasteiger partial charge in [-0.15, -0.1) is 0 Å². The maximum atomic E-state index is 10.1. The van der Waals surface area contributed by atoms with Gasteiger partial charge >= 0.3 is 0 Å². The van der Waals surface area contributed by atoms with Crippen molar-refractivity contribution in [2.45, 2.75) is 13.3 Å². The number of hydrogen-bond donors (Lipinski definition) is 1. The number of ether oxygens (including phenoxy) is 4. The maximum absolute atomic E-state index is 10.1. The van der Waals surface area contributed by atoms with Crippen LogP contribution < -0.4 is 14.2 Å². The predicted octanol–water partition coefficient (Wildman–Crippen LogP) is 4.04. The fraction of sp³-hybridized carbons (Fsp3) is 0.300. The van der Waals surface area contributed by atoms with E-state index in [1.807, 2.05) is 49.4 Å². The van der Waals surface area contributed by atoms with Crippen LogP contribution in [0.4, 0.5) is 0 Å². The maximum Gasteiger partial charge on any atom is 0.201 e. The van der Waals surface area contributed by atoms with E-state index in [1.54, 1.807) is 6.07 Å². The van der Waals surface area contributed by atoms with Crippen LogP contribution in [0.5, 0.6) is 23.0 Å². The third-order valence-electron chi connectivity index (χ3n) is 3.64. The second-order valence-corrected chi connectivity index (χ2v) is 5.24. The molecule has 2 rings (SSSR count). The minimum atomic E-state index is 0.0201. The van der Waals surface area contributed by atoms with Crippen LogP contribution in [0.2, 0.25) is 0 Å². The van der Waals surface area contributed by atoms with E-state index in [2.05, 4.69) is 0 Å². The number of allylic oxidation sites excluding steroid dienone is 1. The first-order valence-corrected chi connectivity index (χ1v) is 8.09. The SMILES string of the molecule is CCOCOc1ccc(/C=C/Cc2ccc(OC)c(O)c2OC)cc1. The Bertz CT molecular complexity index is 692. The van der Waals surface area contributed by atoms with Crippen LogP contribution in [-0.4, -0.2) is 32.7 Å². The van der Waals surface area contributed by atoms with Gasteiger partial charge in [0.15, 0.2) is 18.3 Å². The highest BCUT2D eigenvalue weighted by Gasteiger charge is 2.12. The molecule has 0 aliphatic rings. The largest absolute Gasteiger partial charge is 0.502 e. The minimum Gasteiger partial charge on any atom is -0.502 e. The highest BCUT2D eigenvalue weighted by Crippen LogP contribution is 2.38. The van der Waals surface area contributed by atoms with Gasteiger partial charge in [0.2, 0.25) is 5.75 Å². The molecule has 134 valence electrons. The quantitative estimate of drug-likeness (QED) is 0.550. The molecule has 0 aliphatic heterocycles. The fourth-order valence-electron chi connectivity index (χ4n) is 2.34. The van der Waals surface area contributed by atoms with E-state index in [0.717, 1.165) is 16.9 Å². The average molecular weight is 344 g/mol. The van der Waals surface area contributed by atoms with Gasteiger partial charge < -0.3 is 24.1 Å². The van der Waals surface area contributed by atoms with Crippen molar-refractivity contribution in [3.8, 4) is 23.0 Å². The van der Waals surface area contributed by atoms with Crippen molar-refractivity contribution >= 4 is 6.08 Å². The van der Waals surface area contributed by atoms with Gasteiger partial charge in [-0.25, -0.2) is 0 Å². The number of rotatable bonds is 9. The zero-order chi connectivity index (χ0) is 18.1. The summed E-state index contributed by atoms with van der Waals surface area (Å²) in [7, 11) is 3.04. The molecule has 0 aromatic heterocycles. The molecule has 1 N–H and O–H groups in total. The lowest BCUT2D eigenvalue weighted by atomic mass is 10.1. The van der Waals surface area contributed by atoms with E-state index in [-0.39, 0.29) is 12.5 Å². The molecule has 0 aliphatic carbocycles. The molecule has 2 aromatic carbocycles. The molecule has 0 saturated heterocycles. The Labute approximate surface area is 148 Å². The topological polar surface area (TPSA) is 57.2 Å². The van der Waals surface area contributed by atoms with E-state index in [9.17, 15) is 5.11 Å². The molecule has 0 bridgehead atoms. The van der Waals surface area contributed by atoms with Crippen LogP contribution in [0.1, 0.15) is 18.1 Å². The first-order valence-electron chi connectivity index (χ1n) is 8.09. The van der Waals surface area contributed by atoms with Crippen molar-refractivity contribution < 1.29 is 24.1 Å². The molecule has 5 nitrogen and oxygen atoms in total. The molecule has 2 aromatic rings.